The number of nitrogens with zero attached hydrogens (tertiary/aromatic N) is 2. The fourth-order valence-electron chi connectivity index (χ4n) is 1.94. The zero-order chi connectivity index (χ0) is 14.9. The molecular formula is C15H16F2N2O. The molecule has 2 aromatic rings. The molecule has 1 heterocycles. The molecule has 1 aromatic carbocycles. The number of carbonyl (C=O) groups excluding carboxylic acids is 1. The van der Waals surface area contributed by atoms with Gasteiger partial charge in [0, 0.05) is 23.4 Å². The number of alkyl halides is 2. The molecule has 0 aliphatic rings. The van der Waals surface area contributed by atoms with Gasteiger partial charge in [-0.05, 0) is 26.8 Å². The maximum absolute atomic E-state index is 13.1. The fourth-order valence-corrected chi connectivity index (χ4v) is 1.94. The van der Waals surface area contributed by atoms with Crippen LogP contribution in [0.4, 0.5) is 8.78 Å². The van der Waals surface area contributed by atoms with Crippen LogP contribution in [0.1, 0.15) is 49.2 Å². The molecule has 0 aliphatic heterocycles. The SMILES string of the molecule is CC(=O)c1cccc(-c2nn(C(C)C)cc2C(F)F)c1. The number of rotatable bonds is 4. The van der Waals surface area contributed by atoms with E-state index in [9.17, 15) is 13.6 Å². The topological polar surface area (TPSA) is 34.9 Å². The monoisotopic (exact) mass is 278 g/mol. The van der Waals surface area contributed by atoms with Gasteiger partial charge in [-0.25, -0.2) is 8.78 Å². The van der Waals surface area contributed by atoms with Gasteiger partial charge in [0.2, 0.25) is 0 Å². The minimum atomic E-state index is -2.60. The Hall–Kier alpha value is -2.04. The predicted molar refractivity (Wildman–Crippen MR) is 73.0 cm³/mol. The van der Waals surface area contributed by atoms with Crippen molar-refractivity contribution < 1.29 is 13.6 Å². The molecule has 0 saturated carbocycles. The zero-order valence-corrected chi connectivity index (χ0v) is 11.6. The third kappa shape index (κ3) is 2.76. The van der Waals surface area contributed by atoms with E-state index in [4.69, 9.17) is 0 Å². The lowest BCUT2D eigenvalue weighted by Gasteiger charge is -2.04. The third-order valence-corrected chi connectivity index (χ3v) is 3.07. The summed E-state index contributed by atoms with van der Waals surface area (Å²) < 4.78 is 27.8. The van der Waals surface area contributed by atoms with E-state index in [-0.39, 0.29) is 23.1 Å². The van der Waals surface area contributed by atoms with Gasteiger partial charge in [0.05, 0.1) is 5.56 Å². The lowest BCUT2D eigenvalue weighted by atomic mass is 10.0. The molecule has 2 rings (SSSR count). The van der Waals surface area contributed by atoms with Crippen LogP contribution in [0.25, 0.3) is 11.3 Å². The summed E-state index contributed by atoms with van der Waals surface area (Å²) in [6, 6.07) is 6.62. The molecule has 0 aliphatic carbocycles. The molecule has 20 heavy (non-hydrogen) atoms. The van der Waals surface area contributed by atoms with Crippen molar-refractivity contribution in [2.24, 2.45) is 0 Å². The summed E-state index contributed by atoms with van der Waals surface area (Å²) in [6.45, 7) is 5.19. The standard InChI is InChI=1S/C15H16F2N2O/c1-9(2)19-8-13(15(16)17)14(18-19)12-6-4-5-11(7-12)10(3)20/h4-9,15H,1-3H3. The Labute approximate surface area is 116 Å². The van der Waals surface area contributed by atoms with E-state index in [1.54, 1.807) is 24.3 Å². The third-order valence-electron chi connectivity index (χ3n) is 3.07. The molecule has 0 amide bonds. The van der Waals surface area contributed by atoms with Crippen LogP contribution >= 0.6 is 0 Å². The van der Waals surface area contributed by atoms with E-state index in [2.05, 4.69) is 5.10 Å². The molecule has 0 bridgehead atoms. The van der Waals surface area contributed by atoms with Gasteiger partial charge in [-0.2, -0.15) is 5.10 Å². The Bertz CT molecular complexity index is 633. The summed E-state index contributed by atoms with van der Waals surface area (Å²) in [4.78, 5) is 11.4. The number of halogens is 2. The van der Waals surface area contributed by atoms with E-state index in [1.165, 1.54) is 17.8 Å². The Morgan fingerprint density at radius 2 is 2.00 bits per heavy atom. The normalized spacial score (nSPS) is 11.3. The van der Waals surface area contributed by atoms with Crippen LogP contribution in [0.15, 0.2) is 30.5 Å². The van der Waals surface area contributed by atoms with Crippen LogP contribution in [0.2, 0.25) is 0 Å². The highest BCUT2D eigenvalue weighted by Gasteiger charge is 2.20. The molecule has 5 heteroatoms. The first-order valence-corrected chi connectivity index (χ1v) is 6.38. The second-order valence-corrected chi connectivity index (χ2v) is 4.94. The van der Waals surface area contributed by atoms with Crippen molar-refractivity contribution in [1.29, 1.82) is 0 Å². The van der Waals surface area contributed by atoms with E-state index in [0.29, 0.717) is 11.1 Å². The molecule has 3 nitrogen and oxygen atoms in total. The molecule has 0 fully saturated rings. The highest BCUT2D eigenvalue weighted by molar-refractivity contribution is 5.95. The van der Waals surface area contributed by atoms with Gasteiger partial charge < -0.3 is 0 Å². The van der Waals surface area contributed by atoms with Crippen molar-refractivity contribution in [3.05, 3.63) is 41.6 Å². The molecule has 106 valence electrons. The number of aromatic nitrogens is 2. The van der Waals surface area contributed by atoms with E-state index < -0.39 is 6.43 Å². The molecule has 0 saturated heterocycles. The number of hydrogen-bond acceptors (Lipinski definition) is 2. The van der Waals surface area contributed by atoms with Gasteiger partial charge in [-0.15, -0.1) is 0 Å². The second kappa shape index (κ2) is 5.53. The van der Waals surface area contributed by atoms with Gasteiger partial charge in [0.1, 0.15) is 5.69 Å². The summed E-state index contributed by atoms with van der Waals surface area (Å²) >= 11 is 0. The number of ketones is 1. The number of hydrogen-bond donors (Lipinski definition) is 0. The summed E-state index contributed by atoms with van der Waals surface area (Å²) in [6.07, 6.45) is -1.23. The van der Waals surface area contributed by atoms with Crippen LogP contribution in [0, 0.1) is 0 Å². The predicted octanol–water partition coefficient (Wildman–Crippen LogP) is 4.27. The first kappa shape index (κ1) is 14.4. The lowest BCUT2D eigenvalue weighted by molar-refractivity contribution is 0.101. The average molecular weight is 278 g/mol. The molecule has 0 radical (unpaired) electrons. The number of Topliss-reactive ketones (excluding diaryl/α,β-unsaturated/α-hetero) is 1. The minimum Gasteiger partial charge on any atom is -0.295 e. The van der Waals surface area contributed by atoms with E-state index in [1.807, 2.05) is 13.8 Å². The summed E-state index contributed by atoms with van der Waals surface area (Å²) in [7, 11) is 0. The van der Waals surface area contributed by atoms with Crippen molar-refractivity contribution in [3.63, 3.8) is 0 Å². The fraction of sp³-hybridized carbons (Fsp3) is 0.333. The molecular weight excluding hydrogens is 262 g/mol. The van der Waals surface area contributed by atoms with Crippen molar-refractivity contribution in [1.82, 2.24) is 9.78 Å². The quantitative estimate of drug-likeness (QED) is 0.783. The van der Waals surface area contributed by atoms with Crippen LogP contribution in [-0.2, 0) is 0 Å². The Morgan fingerprint density at radius 3 is 2.55 bits per heavy atom. The molecule has 0 spiro atoms. The Kier molecular flexibility index (Phi) is 3.97. The molecule has 0 N–H and O–H groups in total. The van der Waals surface area contributed by atoms with E-state index >= 15 is 0 Å². The van der Waals surface area contributed by atoms with Crippen molar-refractivity contribution in [2.75, 3.05) is 0 Å². The van der Waals surface area contributed by atoms with Gasteiger partial charge in [0.15, 0.2) is 5.78 Å². The first-order chi connectivity index (χ1) is 9.40. The van der Waals surface area contributed by atoms with E-state index in [0.717, 1.165) is 0 Å². The molecule has 0 unspecified atom stereocenters. The molecule has 1 aromatic heterocycles. The van der Waals surface area contributed by atoms with Gasteiger partial charge in [0.25, 0.3) is 6.43 Å². The van der Waals surface area contributed by atoms with Crippen molar-refractivity contribution >= 4 is 5.78 Å². The van der Waals surface area contributed by atoms with Gasteiger partial charge in [-0.1, -0.05) is 18.2 Å². The van der Waals surface area contributed by atoms with Crippen LogP contribution in [-0.4, -0.2) is 15.6 Å². The number of benzene rings is 1. The summed E-state index contributed by atoms with van der Waals surface area (Å²) in [5.74, 6) is -0.103. The van der Waals surface area contributed by atoms with Gasteiger partial charge >= 0.3 is 0 Å². The zero-order valence-electron chi connectivity index (χ0n) is 11.6. The highest BCUT2D eigenvalue weighted by atomic mass is 19.3. The van der Waals surface area contributed by atoms with Gasteiger partial charge in [-0.3, -0.25) is 9.48 Å². The minimum absolute atomic E-state index is 0.00256. The maximum Gasteiger partial charge on any atom is 0.267 e. The second-order valence-electron chi connectivity index (χ2n) is 4.94. The Balaban J connectivity index is 2.56. The van der Waals surface area contributed by atoms with Crippen molar-refractivity contribution in [3.8, 4) is 11.3 Å². The van der Waals surface area contributed by atoms with Crippen LogP contribution in [0.3, 0.4) is 0 Å². The molecule has 0 atom stereocenters. The summed E-state index contributed by atoms with van der Waals surface area (Å²) in [5.41, 5.74) is 1.14. The van der Waals surface area contributed by atoms with Crippen LogP contribution in [0.5, 0.6) is 0 Å². The average Bonchev–Trinajstić information content (AvgIpc) is 2.84. The highest BCUT2D eigenvalue weighted by Crippen LogP contribution is 2.31. The van der Waals surface area contributed by atoms with Crippen LogP contribution < -0.4 is 0 Å². The Morgan fingerprint density at radius 1 is 1.30 bits per heavy atom. The van der Waals surface area contributed by atoms with Crippen molar-refractivity contribution in [2.45, 2.75) is 33.2 Å². The smallest absolute Gasteiger partial charge is 0.267 e. The largest absolute Gasteiger partial charge is 0.295 e. The summed E-state index contributed by atoms with van der Waals surface area (Å²) in [5, 5.41) is 4.23. The maximum atomic E-state index is 13.1. The number of carbonyl (C=O) groups is 1. The first-order valence-electron chi connectivity index (χ1n) is 6.38. The lowest BCUT2D eigenvalue weighted by Crippen LogP contribution is -2.00.